The van der Waals surface area contributed by atoms with Gasteiger partial charge in [-0.2, -0.15) is 0 Å². The molecule has 0 aromatic carbocycles. The average molecular weight is 464 g/mol. The highest BCUT2D eigenvalue weighted by atomic mass is 79.9. The van der Waals surface area contributed by atoms with Crippen LogP contribution in [0.25, 0.3) is 0 Å². The molecule has 2 aromatic heterocycles. The lowest BCUT2D eigenvalue weighted by atomic mass is 10.3. The van der Waals surface area contributed by atoms with Crippen molar-refractivity contribution in [3.05, 3.63) is 60.2 Å². The molecule has 0 aliphatic rings. The fourth-order valence-corrected chi connectivity index (χ4v) is 1.98. The zero-order valence-electron chi connectivity index (χ0n) is 12.8. The van der Waals surface area contributed by atoms with E-state index in [2.05, 4.69) is 19.4 Å². The van der Waals surface area contributed by atoms with E-state index in [0.717, 1.165) is 30.6 Å². The van der Waals surface area contributed by atoms with Crippen molar-refractivity contribution >= 4 is 12.4 Å². The Labute approximate surface area is 161 Å². The van der Waals surface area contributed by atoms with Crippen molar-refractivity contribution in [2.24, 2.45) is 10.3 Å². The number of hydrogen-bond donors (Lipinski definition) is 2. The van der Waals surface area contributed by atoms with Gasteiger partial charge in [0, 0.05) is 35.4 Å². The van der Waals surface area contributed by atoms with Crippen molar-refractivity contribution in [3.63, 3.8) is 0 Å². The maximum absolute atomic E-state index is 8.45. The molecule has 0 saturated heterocycles. The summed E-state index contributed by atoms with van der Waals surface area (Å²) in [5, 5.41) is 22.9. The molecule has 0 spiro atoms. The van der Waals surface area contributed by atoms with Crippen LogP contribution < -0.4 is 43.1 Å². The molecule has 24 heavy (non-hydrogen) atoms. The van der Waals surface area contributed by atoms with Crippen molar-refractivity contribution in [1.29, 1.82) is 0 Å². The molecular formula is C15H20Br2N4O3. The molecule has 0 saturated carbocycles. The minimum Gasteiger partial charge on any atom is -1.00 e. The molecule has 0 unspecified atom stereocenters. The van der Waals surface area contributed by atoms with Crippen molar-refractivity contribution < 1.29 is 59.0 Å². The van der Waals surface area contributed by atoms with Gasteiger partial charge in [0.25, 0.3) is 0 Å². The van der Waals surface area contributed by atoms with E-state index < -0.39 is 0 Å². The van der Waals surface area contributed by atoms with Crippen molar-refractivity contribution in [2.75, 3.05) is 0 Å². The first kappa shape index (κ1) is 24.4. The second-order valence-electron chi connectivity index (χ2n) is 4.58. The third-order valence-electron chi connectivity index (χ3n) is 3.08. The first-order valence-electron chi connectivity index (χ1n) is 6.65. The van der Waals surface area contributed by atoms with Crippen LogP contribution in [-0.4, -0.2) is 28.3 Å². The smallest absolute Gasteiger partial charge is 0.169 e. The van der Waals surface area contributed by atoms with E-state index in [1.54, 1.807) is 0 Å². The number of nitrogens with zero attached hydrogens (tertiary/aromatic N) is 4. The molecule has 0 fully saturated rings. The Hall–Kier alpha value is -1.84. The fraction of sp³-hybridized carbons (Fsp3) is 0.200. The van der Waals surface area contributed by atoms with Crippen LogP contribution in [-0.2, 0) is 13.1 Å². The number of aromatic nitrogens is 2. The second kappa shape index (κ2) is 13.6. The third-order valence-corrected chi connectivity index (χ3v) is 3.08. The number of pyridine rings is 2. The van der Waals surface area contributed by atoms with E-state index in [1.165, 1.54) is 12.4 Å². The van der Waals surface area contributed by atoms with Crippen LogP contribution in [0.5, 0.6) is 0 Å². The molecule has 2 aromatic rings. The van der Waals surface area contributed by atoms with E-state index in [1.807, 2.05) is 49.1 Å². The van der Waals surface area contributed by atoms with Crippen molar-refractivity contribution in [2.45, 2.75) is 19.5 Å². The zero-order chi connectivity index (χ0) is 14.9. The lowest BCUT2D eigenvalue weighted by Gasteiger charge is -1.97. The topological polar surface area (TPSA) is 104 Å². The van der Waals surface area contributed by atoms with Crippen LogP contribution in [0.1, 0.15) is 17.5 Å². The highest BCUT2D eigenvalue weighted by molar-refractivity contribution is 5.78. The third kappa shape index (κ3) is 8.14. The Kier molecular flexibility index (Phi) is 13.8. The highest BCUT2D eigenvalue weighted by Crippen LogP contribution is 1.92. The quantitative estimate of drug-likeness (QED) is 0.193. The van der Waals surface area contributed by atoms with Gasteiger partial charge in [-0.25, -0.2) is 9.13 Å². The van der Waals surface area contributed by atoms with Gasteiger partial charge in [0.1, 0.15) is 0 Å². The molecule has 0 amide bonds. The van der Waals surface area contributed by atoms with E-state index in [0.29, 0.717) is 0 Å². The van der Waals surface area contributed by atoms with Gasteiger partial charge in [0.05, 0.1) is 18.9 Å². The highest BCUT2D eigenvalue weighted by Gasteiger charge is 2.04. The summed E-state index contributed by atoms with van der Waals surface area (Å²) in [4.78, 5) is 0. The van der Waals surface area contributed by atoms with Crippen LogP contribution in [0.3, 0.4) is 0 Å². The average Bonchev–Trinajstić information content (AvgIpc) is 2.51. The van der Waals surface area contributed by atoms with Crippen LogP contribution in [0.2, 0.25) is 0 Å². The Morgan fingerprint density at radius 2 is 1.08 bits per heavy atom. The van der Waals surface area contributed by atoms with E-state index in [9.17, 15) is 0 Å². The number of hydrogen-bond acceptors (Lipinski definition) is 4. The standard InChI is InChI=1S/C15H16N4O2.2BrH.H2O/c20-16-12-14-2-8-18(9-3-14)6-1-7-19-10-4-15(5-11-19)13-17-21;;;/h2-5,8-13H,1,6-7H2;2*1H;1H2. The Bertz CT molecular complexity index is 564. The molecule has 2 heterocycles. The molecule has 132 valence electrons. The lowest BCUT2D eigenvalue weighted by molar-refractivity contribution is -0.726. The monoisotopic (exact) mass is 462 g/mol. The number of halogens is 2. The van der Waals surface area contributed by atoms with Crippen LogP contribution in [0.15, 0.2) is 59.4 Å². The Balaban J connectivity index is 0. The van der Waals surface area contributed by atoms with E-state index >= 15 is 0 Å². The van der Waals surface area contributed by atoms with Gasteiger partial charge < -0.3 is 49.9 Å². The van der Waals surface area contributed by atoms with Crippen molar-refractivity contribution in [1.82, 2.24) is 0 Å². The lowest BCUT2D eigenvalue weighted by Crippen LogP contribution is -3.00. The summed E-state index contributed by atoms with van der Waals surface area (Å²) < 4.78 is 4.17. The molecule has 4 N–H and O–H groups in total. The number of oxime groups is 2. The molecule has 2 rings (SSSR count). The second-order valence-corrected chi connectivity index (χ2v) is 4.58. The molecular weight excluding hydrogens is 444 g/mol. The van der Waals surface area contributed by atoms with E-state index in [4.69, 9.17) is 10.4 Å². The molecule has 0 aliphatic carbocycles. The summed E-state index contributed by atoms with van der Waals surface area (Å²) in [5.41, 5.74) is 1.73. The largest absolute Gasteiger partial charge is 1.00 e. The van der Waals surface area contributed by atoms with Gasteiger partial charge in [-0.3, -0.25) is 0 Å². The van der Waals surface area contributed by atoms with Crippen LogP contribution in [0.4, 0.5) is 0 Å². The number of aryl methyl sites for hydroxylation is 2. The predicted molar refractivity (Wildman–Crippen MR) is 80.3 cm³/mol. The van der Waals surface area contributed by atoms with Crippen molar-refractivity contribution in [3.8, 4) is 0 Å². The SMILES string of the molecule is O.O/N=C/c1cc[n+](CCC[n+]2ccc(/C=N/O)cc2)cc1.[Br-].[Br-]. The van der Waals surface area contributed by atoms with Crippen LogP contribution in [0, 0.1) is 0 Å². The minimum atomic E-state index is 0. The number of rotatable bonds is 6. The van der Waals surface area contributed by atoms with Gasteiger partial charge in [0.2, 0.25) is 0 Å². The summed E-state index contributed by atoms with van der Waals surface area (Å²) in [6.07, 6.45) is 11.6. The summed E-state index contributed by atoms with van der Waals surface area (Å²) in [5.74, 6) is 0. The molecule has 0 aliphatic heterocycles. The predicted octanol–water partition coefficient (Wildman–Crippen LogP) is -5.85. The molecule has 0 radical (unpaired) electrons. The van der Waals surface area contributed by atoms with E-state index in [-0.39, 0.29) is 39.4 Å². The summed E-state index contributed by atoms with van der Waals surface area (Å²) in [7, 11) is 0. The van der Waals surface area contributed by atoms with Gasteiger partial charge >= 0.3 is 0 Å². The summed E-state index contributed by atoms with van der Waals surface area (Å²) in [6.45, 7) is 1.81. The van der Waals surface area contributed by atoms with Gasteiger partial charge in [-0.05, 0) is 0 Å². The van der Waals surface area contributed by atoms with Crippen LogP contribution >= 0.6 is 0 Å². The van der Waals surface area contributed by atoms with Gasteiger partial charge in [-0.1, -0.05) is 10.3 Å². The Morgan fingerprint density at radius 3 is 1.38 bits per heavy atom. The maximum atomic E-state index is 8.45. The Morgan fingerprint density at radius 1 is 0.750 bits per heavy atom. The minimum absolute atomic E-state index is 0. The first-order chi connectivity index (χ1) is 10.3. The zero-order valence-corrected chi connectivity index (χ0v) is 16.0. The molecule has 0 bridgehead atoms. The molecule has 0 atom stereocenters. The molecule has 7 nitrogen and oxygen atoms in total. The fourth-order valence-electron chi connectivity index (χ4n) is 1.98. The summed E-state index contributed by atoms with van der Waals surface area (Å²) >= 11 is 0. The summed E-state index contributed by atoms with van der Waals surface area (Å²) in [6, 6.07) is 7.59. The van der Waals surface area contributed by atoms with Gasteiger partial charge in [-0.15, -0.1) is 0 Å². The maximum Gasteiger partial charge on any atom is 0.169 e. The van der Waals surface area contributed by atoms with Gasteiger partial charge in [0.15, 0.2) is 37.9 Å². The first-order valence-corrected chi connectivity index (χ1v) is 6.65. The normalized spacial score (nSPS) is 10.0. The molecule has 9 heteroatoms.